The van der Waals surface area contributed by atoms with E-state index in [2.05, 4.69) is 0 Å². The number of halogens is 3. The van der Waals surface area contributed by atoms with Crippen molar-refractivity contribution in [2.24, 2.45) is 5.92 Å². The van der Waals surface area contributed by atoms with Gasteiger partial charge in [-0.05, 0) is 49.3 Å². The molecular weight excluding hydrogens is 349 g/mol. The first-order valence-electron chi connectivity index (χ1n) is 8.54. The highest BCUT2D eigenvalue weighted by molar-refractivity contribution is 5.68. The van der Waals surface area contributed by atoms with E-state index in [-0.39, 0.29) is 18.8 Å². The Bertz CT molecular complexity index is 639. The molecule has 0 saturated heterocycles. The number of alkyl halides is 3. The maximum Gasteiger partial charge on any atom is 0.416 e. The van der Waals surface area contributed by atoms with Crippen LogP contribution in [0.2, 0.25) is 0 Å². The Morgan fingerprint density at radius 1 is 1.31 bits per heavy atom. The minimum atomic E-state index is -4.38. The van der Waals surface area contributed by atoms with Gasteiger partial charge >= 0.3 is 12.1 Å². The number of benzene rings is 1. The molecule has 7 heteroatoms. The van der Waals surface area contributed by atoms with Crippen molar-refractivity contribution >= 4 is 5.97 Å². The number of aliphatic carboxylic acids is 1. The fourth-order valence-corrected chi connectivity index (χ4v) is 3.42. The zero-order valence-electron chi connectivity index (χ0n) is 14.2. The summed E-state index contributed by atoms with van der Waals surface area (Å²) in [6, 6.07) is 4.65. The van der Waals surface area contributed by atoms with Crippen LogP contribution in [0.15, 0.2) is 36.4 Å². The third-order valence-electron chi connectivity index (χ3n) is 4.67. The molecule has 144 valence electrons. The molecule has 0 radical (unpaired) electrons. The number of carbonyl (C=O) groups is 1. The molecule has 0 heterocycles. The van der Waals surface area contributed by atoms with Gasteiger partial charge in [-0.3, -0.25) is 4.79 Å². The van der Waals surface area contributed by atoms with E-state index in [4.69, 9.17) is 5.11 Å². The number of allylic oxidation sites excluding steroid dienone is 1. The van der Waals surface area contributed by atoms with Gasteiger partial charge in [-0.15, -0.1) is 0 Å². The SMILES string of the molecule is O=C(O)CC1(O)CCCC(C=CC(O)Cc2ccc(C(F)(F)F)cc2)C1. The lowest BCUT2D eigenvalue weighted by Crippen LogP contribution is -2.37. The van der Waals surface area contributed by atoms with E-state index >= 15 is 0 Å². The maximum absolute atomic E-state index is 12.5. The van der Waals surface area contributed by atoms with Crippen molar-refractivity contribution in [1.29, 1.82) is 0 Å². The van der Waals surface area contributed by atoms with Gasteiger partial charge in [0.25, 0.3) is 0 Å². The maximum atomic E-state index is 12.5. The van der Waals surface area contributed by atoms with E-state index in [1.54, 1.807) is 12.2 Å². The lowest BCUT2D eigenvalue weighted by molar-refractivity contribution is -0.144. The molecule has 3 atom stereocenters. The monoisotopic (exact) mass is 372 g/mol. The van der Waals surface area contributed by atoms with Crippen LogP contribution in [-0.2, 0) is 17.4 Å². The largest absolute Gasteiger partial charge is 0.481 e. The second-order valence-electron chi connectivity index (χ2n) is 7.00. The molecule has 1 aliphatic rings. The quantitative estimate of drug-likeness (QED) is 0.668. The Kier molecular flexibility index (Phi) is 6.47. The Morgan fingerprint density at radius 2 is 1.96 bits per heavy atom. The van der Waals surface area contributed by atoms with Crippen molar-refractivity contribution in [2.45, 2.75) is 56.4 Å². The van der Waals surface area contributed by atoms with Crippen LogP contribution in [0.25, 0.3) is 0 Å². The van der Waals surface area contributed by atoms with E-state index in [1.807, 2.05) is 0 Å². The van der Waals surface area contributed by atoms with Gasteiger partial charge in [0.05, 0.1) is 23.7 Å². The van der Waals surface area contributed by atoms with Gasteiger partial charge in [0.15, 0.2) is 0 Å². The summed E-state index contributed by atoms with van der Waals surface area (Å²) < 4.78 is 37.6. The molecule has 3 unspecified atom stereocenters. The molecule has 3 N–H and O–H groups in total. The van der Waals surface area contributed by atoms with E-state index in [0.717, 1.165) is 18.6 Å². The molecule has 4 nitrogen and oxygen atoms in total. The predicted octanol–water partition coefficient (Wildman–Crippen LogP) is 3.56. The molecule has 1 fully saturated rings. The summed E-state index contributed by atoms with van der Waals surface area (Å²) in [7, 11) is 0. The highest BCUT2D eigenvalue weighted by Crippen LogP contribution is 2.35. The summed E-state index contributed by atoms with van der Waals surface area (Å²) in [4.78, 5) is 10.8. The summed E-state index contributed by atoms with van der Waals surface area (Å²) >= 11 is 0. The number of aliphatic hydroxyl groups is 2. The van der Waals surface area contributed by atoms with Crippen LogP contribution in [0.1, 0.15) is 43.2 Å². The van der Waals surface area contributed by atoms with E-state index in [0.29, 0.717) is 24.8 Å². The van der Waals surface area contributed by atoms with Gasteiger partial charge in [-0.2, -0.15) is 13.2 Å². The summed E-state index contributed by atoms with van der Waals surface area (Å²) in [6.45, 7) is 0. The Hall–Kier alpha value is -1.86. The average Bonchev–Trinajstić information content (AvgIpc) is 2.51. The average molecular weight is 372 g/mol. The second kappa shape index (κ2) is 8.22. The van der Waals surface area contributed by atoms with Crippen LogP contribution < -0.4 is 0 Å². The summed E-state index contributed by atoms with van der Waals surface area (Å²) in [6.07, 6.45) is 0.230. The second-order valence-corrected chi connectivity index (χ2v) is 7.00. The molecule has 2 rings (SSSR count). The van der Waals surface area contributed by atoms with E-state index in [1.165, 1.54) is 12.1 Å². The zero-order chi connectivity index (χ0) is 19.4. The fraction of sp³-hybridized carbons (Fsp3) is 0.526. The van der Waals surface area contributed by atoms with Crippen molar-refractivity contribution < 1.29 is 33.3 Å². The number of hydrogen-bond acceptors (Lipinski definition) is 3. The number of aliphatic hydroxyl groups excluding tert-OH is 1. The number of rotatable bonds is 6. The third-order valence-corrected chi connectivity index (χ3v) is 4.67. The number of carboxylic acid groups (broad SMARTS) is 1. The van der Waals surface area contributed by atoms with Gasteiger partial charge in [0.2, 0.25) is 0 Å². The zero-order valence-corrected chi connectivity index (χ0v) is 14.2. The summed E-state index contributed by atoms with van der Waals surface area (Å²) in [5.74, 6) is -1.07. The Labute approximate surface area is 150 Å². The molecule has 0 amide bonds. The molecule has 0 aliphatic heterocycles. The Morgan fingerprint density at radius 3 is 2.54 bits per heavy atom. The Balaban J connectivity index is 1.90. The normalized spacial score (nSPS) is 25.3. The van der Waals surface area contributed by atoms with Crippen LogP contribution >= 0.6 is 0 Å². The highest BCUT2D eigenvalue weighted by Gasteiger charge is 2.35. The minimum Gasteiger partial charge on any atom is -0.481 e. The minimum absolute atomic E-state index is 0.0321. The fourth-order valence-electron chi connectivity index (χ4n) is 3.42. The summed E-state index contributed by atoms with van der Waals surface area (Å²) in [5.41, 5.74) is -1.37. The molecule has 1 saturated carbocycles. The van der Waals surface area contributed by atoms with Crippen molar-refractivity contribution in [3.63, 3.8) is 0 Å². The van der Waals surface area contributed by atoms with Gasteiger partial charge in [0, 0.05) is 6.42 Å². The van der Waals surface area contributed by atoms with Gasteiger partial charge in [-0.25, -0.2) is 0 Å². The topological polar surface area (TPSA) is 77.8 Å². The first-order valence-corrected chi connectivity index (χ1v) is 8.54. The number of hydrogen-bond donors (Lipinski definition) is 3. The van der Waals surface area contributed by atoms with Gasteiger partial charge in [0.1, 0.15) is 0 Å². The molecule has 1 aromatic rings. The van der Waals surface area contributed by atoms with Gasteiger partial charge in [-0.1, -0.05) is 24.3 Å². The number of carboxylic acids is 1. The predicted molar refractivity (Wildman–Crippen MR) is 89.5 cm³/mol. The van der Waals surface area contributed by atoms with Crippen molar-refractivity contribution in [1.82, 2.24) is 0 Å². The lowest BCUT2D eigenvalue weighted by Gasteiger charge is -2.34. The molecule has 26 heavy (non-hydrogen) atoms. The molecule has 0 bridgehead atoms. The van der Waals surface area contributed by atoms with Crippen molar-refractivity contribution in [3.8, 4) is 0 Å². The first-order chi connectivity index (χ1) is 12.1. The molecule has 1 aromatic carbocycles. The third kappa shape index (κ3) is 6.14. The van der Waals surface area contributed by atoms with Crippen LogP contribution in [-0.4, -0.2) is 33.0 Å². The summed E-state index contributed by atoms with van der Waals surface area (Å²) in [5, 5.41) is 29.3. The van der Waals surface area contributed by atoms with Crippen LogP contribution in [0.5, 0.6) is 0 Å². The van der Waals surface area contributed by atoms with E-state index in [9.17, 15) is 28.2 Å². The molecule has 1 aliphatic carbocycles. The van der Waals surface area contributed by atoms with Crippen molar-refractivity contribution in [2.75, 3.05) is 0 Å². The van der Waals surface area contributed by atoms with Crippen molar-refractivity contribution in [3.05, 3.63) is 47.5 Å². The smallest absolute Gasteiger partial charge is 0.416 e. The standard InChI is InChI=1S/C19H23F3O4/c20-19(21,22)15-6-3-13(4-7-15)10-16(23)8-5-14-2-1-9-18(26,11-14)12-17(24)25/h3-8,14,16,23,26H,1-2,9-12H2,(H,24,25). The van der Waals surface area contributed by atoms with Crippen LogP contribution in [0.3, 0.4) is 0 Å². The van der Waals surface area contributed by atoms with Crippen LogP contribution in [0.4, 0.5) is 13.2 Å². The first kappa shape index (κ1) is 20.5. The molecular formula is C19H23F3O4. The molecule has 0 spiro atoms. The van der Waals surface area contributed by atoms with E-state index < -0.39 is 29.4 Å². The molecule has 0 aromatic heterocycles. The highest BCUT2D eigenvalue weighted by atomic mass is 19.4. The van der Waals surface area contributed by atoms with Gasteiger partial charge < -0.3 is 15.3 Å². The van der Waals surface area contributed by atoms with Crippen LogP contribution in [0, 0.1) is 5.92 Å². The lowest BCUT2D eigenvalue weighted by atomic mass is 9.76.